The maximum atomic E-state index is 11.7. The first kappa shape index (κ1) is 13.4. The van der Waals surface area contributed by atoms with E-state index in [-0.39, 0.29) is 5.75 Å². The van der Waals surface area contributed by atoms with Crippen molar-refractivity contribution in [3.05, 3.63) is 0 Å². The number of rotatable bonds is 5. The Bertz CT molecular complexity index is 186. The first-order valence-corrected chi connectivity index (χ1v) is 5.14. The molecular formula is C7H12F3NO2S. The lowest BCUT2D eigenvalue weighted by atomic mass is 10.3. The van der Waals surface area contributed by atoms with Crippen LogP contribution in [0.4, 0.5) is 18.0 Å². The van der Waals surface area contributed by atoms with E-state index >= 15 is 0 Å². The van der Waals surface area contributed by atoms with Gasteiger partial charge in [0.05, 0.1) is 5.75 Å². The molecule has 84 valence electrons. The molecule has 0 aliphatic heterocycles. The van der Waals surface area contributed by atoms with Crippen LogP contribution in [0.1, 0.15) is 13.3 Å². The average Bonchev–Trinajstić information content (AvgIpc) is 1.99. The van der Waals surface area contributed by atoms with E-state index in [4.69, 9.17) is 5.11 Å². The van der Waals surface area contributed by atoms with Crippen LogP contribution in [0.5, 0.6) is 0 Å². The third-order valence-corrected chi connectivity index (χ3v) is 2.57. The monoisotopic (exact) mass is 231 g/mol. The van der Waals surface area contributed by atoms with Gasteiger partial charge in [0, 0.05) is 11.8 Å². The van der Waals surface area contributed by atoms with Crippen LogP contribution in [0.3, 0.4) is 0 Å². The van der Waals surface area contributed by atoms with Gasteiger partial charge in [-0.2, -0.15) is 24.9 Å². The van der Waals surface area contributed by atoms with E-state index in [0.29, 0.717) is 18.2 Å². The summed E-state index contributed by atoms with van der Waals surface area (Å²) in [5, 5.41) is 10.5. The largest absolute Gasteiger partial charge is 0.465 e. The quantitative estimate of drug-likeness (QED) is 0.763. The second-order valence-electron chi connectivity index (χ2n) is 2.68. The maximum Gasteiger partial charge on any atom is 0.404 e. The Kier molecular flexibility index (Phi) is 5.75. The van der Waals surface area contributed by atoms with Gasteiger partial charge in [-0.25, -0.2) is 4.79 Å². The summed E-state index contributed by atoms with van der Waals surface area (Å²) in [6, 6.07) is -0.417. The number of thioether (sulfide) groups is 1. The van der Waals surface area contributed by atoms with E-state index in [0.717, 1.165) is 0 Å². The summed E-state index contributed by atoms with van der Waals surface area (Å²) in [6.07, 6.45) is -4.91. The lowest BCUT2D eigenvalue weighted by Gasteiger charge is -2.14. The summed E-state index contributed by atoms with van der Waals surface area (Å²) in [7, 11) is 0. The van der Waals surface area contributed by atoms with Crippen molar-refractivity contribution in [2.75, 3.05) is 11.5 Å². The molecule has 14 heavy (non-hydrogen) atoms. The number of carbonyl (C=O) groups is 1. The first-order valence-electron chi connectivity index (χ1n) is 3.99. The molecule has 0 spiro atoms. The number of amides is 1. The summed E-state index contributed by atoms with van der Waals surface area (Å²) in [4.78, 5) is 10.2. The van der Waals surface area contributed by atoms with Crippen LogP contribution in [0.15, 0.2) is 0 Å². The number of hydrogen-bond donors (Lipinski definition) is 2. The molecule has 0 aromatic heterocycles. The summed E-state index contributed by atoms with van der Waals surface area (Å²) in [5.41, 5.74) is 0. The van der Waals surface area contributed by atoms with E-state index < -0.39 is 24.1 Å². The minimum atomic E-state index is -4.19. The van der Waals surface area contributed by atoms with E-state index in [1.54, 1.807) is 6.92 Å². The van der Waals surface area contributed by atoms with Crippen molar-refractivity contribution in [3.8, 4) is 0 Å². The van der Waals surface area contributed by atoms with Gasteiger partial charge in [-0.3, -0.25) is 0 Å². The van der Waals surface area contributed by atoms with Crippen molar-refractivity contribution in [1.29, 1.82) is 0 Å². The van der Waals surface area contributed by atoms with Crippen molar-refractivity contribution in [2.24, 2.45) is 0 Å². The molecule has 0 bridgehead atoms. The van der Waals surface area contributed by atoms with Crippen molar-refractivity contribution < 1.29 is 23.1 Å². The van der Waals surface area contributed by atoms with E-state index in [1.165, 1.54) is 0 Å². The fourth-order valence-corrected chi connectivity index (χ4v) is 1.71. The second kappa shape index (κ2) is 6.00. The summed E-state index contributed by atoms with van der Waals surface area (Å²) in [5.74, 6) is -0.799. The lowest BCUT2D eigenvalue weighted by molar-refractivity contribution is -0.105. The van der Waals surface area contributed by atoms with E-state index in [2.05, 4.69) is 5.32 Å². The van der Waals surface area contributed by atoms with Gasteiger partial charge in [0.15, 0.2) is 0 Å². The van der Waals surface area contributed by atoms with Crippen LogP contribution in [-0.4, -0.2) is 34.9 Å². The Morgan fingerprint density at radius 2 is 2.14 bits per heavy atom. The molecular weight excluding hydrogens is 219 g/mol. The van der Waals surface area contributed by atoms with E-state index in [9.17, 15) is 18.0 Å². The summed E-state index contributed by atoms with van der Waals surface area (Å²) in [6.45, 7) is 1.72. The van der Waals surface area contributed by atoms with Crippen molar-refractivity contribution in [2.45, 2.75) is 25.6 Å². The molecule has 0 aromatic rings. The molecule has 0 aromatic carbocycles. The average molecular weight is 231 g/mol. The molecule has 1 unspecified atom stereocenters. The van der Waals surface area contributed by atoms with Gasteiger partial charge in [0.1, 0.15) is 0 Å². The van der Waals surface area contributed by atoms with Crippen molar-refractivity contribution in [1.82, 2.24) is 5.32 Å². The fourth-order valence-electron chi connectivity index (χ4n) is 0.753. The molecule has 0 aliphatic rings. The third kappa shape index (κ3) is 8.03. The molecule has 3 nitrogen and oxygen atoms in total. The molecule has 1 atom stereocenters. The van der Waals surface area contributed by atoms with Gasteiger partial charge in [-0.1, -0.05) is 6.92 Å². The van der Waals surface area contributed by atoms with Gasteiger partial charge < -0.3 is 10.4 Å². The van der Waals surface area contributed by atoms with Gasteiger partial charge >= 0.3 is 12.3 Å². The third-order valence-electron chi connectivity index (χ3n) is 1.41. The van der Waals surface area contributed by atoms with E-state index in [1.807, 2.05) is 0 Å². The predicted octanol–water partition coefficient (Wildman–Crippen LogP) is 2.33. The van der Waals surface area contributed by atoms with Crippen LogP contribution in [-0.2, 0) is 0 Å². The normalized spacial score (nSPS) is 13.7. The molecule has 0 heterocycles. The fraction of sp³-hybridized carbons (Fsp3) is 0.857. The summed E-state index contributed by atoms with van der Waals surface area (Å²) < 4.78 is 35.1. The Morgan fingerprint density at radius 3 is 2.50 bits per heavy atom. The number of carboxylic acid groups (broad SMARTS) is 1. The number of halogens is 3. The molecule has 0 fully saturated rings. The molecule has 7 heteroatoms. The highest BCUT2D eigenvalue weighted by Crippen LogP contribution is 2.21. The zero-order valence-corrected chi connectivity index (χ0v) is 8.41. The standard InChI is InChI=1S/C7H12F3NO2S/c1-2-5(11-6(12)13)3-14-4-7(8,9)10/h5,11H,2-4H2,1H3,(H,12,13). The lowest BCUT2D eigenvalue weighted by Crippen LogP contribution is -2.35. The van der Waals surface area contributed by atoms with Crippen LogP contribution in [0.25, 0.3) is 0 Å². The number of hydrogen-bond acceptors (Lipinski definition) is 2. The highest BCUT2D eigenvalue weighted by Gasteiger charge is 2.27. The molecule has 1 amide bonds. The SMILES string of the molecule is CCC(CSCC(F)(F)F)NC(=O)O. The van der Waals surface area contributed by atoms with Gasteiger partial charge in [-0.15, -0.1) is 0 Å². The maximum absolute atomic E-state index is 11.7. The highest BCUT2D eigenvalue weighted by atomic mass is 32.2. The zero-order valence-electron chi connectivity index (χ0n) is 7.60. The number of nitrogens with one attached hydrogen (secondary N) is 1. The Balaban J connectivity index is 3.68. The van der Waals surface area contributed by atoms with Crippen LogP contribution < -0.4 is 5.32 Å². The minimum absolute atomic E-state index is 0.141. The smallest absolute Gasteiger partial charge is 0.404 e. The summed E-state index contributed by atoms with van der Waals surface area (Å²) >= 11 is 0.684. The minimum Gasteiger partial charge on any atom is -0.465 e. The van der Waals surface area contributed by atoms with Crippen LogP contribution in [0, 0.1) is 0 Å². The molecule has 0 saturated heterocycles. The zero-order chi connectivity index (χ0) is 11.2. The predicted molar refractivity (Wildman–Crippen MR) is 48.6 cm³/mol. The van der Waals surface area contributed by atoms with Crippen molar-refractivity contribution in [3.63, 3.8) is 0 Å². The highest BCUT2D eigenvalue weighted by molar-refractivity contribution is 7.99. The molecule has 2 N–H and O–H groups in total. The van der Waals surface area contributed by atoms with Crippen LogP contribution in [0.2, 0.25) is 0 Å². The van der Waals surface area contributed by atoms with Crippen LogP contribution >= 0.6 is 11.8 Å². The number of alkyl halides is 3. The van der Waals surface area contributed by atoms with Gasteiger partial charge in [-0.05, 0) is 6.42 Å². The second-order valence-corrected chi connectivity index (χ2v) is 3.72. The van der Waals surface area contributed by atoms with Gasteiger partial charge in [0.25, 0.3) is 0 Å². The Morgan fingerprint density at radius 1 is 1.57 bits per heavy atom. The molecule has 0 rings (SSSR count). The Hall–Kier alpha value is -0.590. The molecule has 0 radical (unpaired) electrons. The molecule has 0 saturated carbocycles. The molecule has 0 aliphatic carbocycles. The Labute approximate surface area is 84.1 Å². The topological polar surface area (TPSA) is 49.3 Å². The van der Waals surface area contributed by atoms with Gasteiger partial charge in [0.2, 0.25) is 0 Å². The first-order chi connectivity index (χ1) is 6.35. The van der Waals surface area contributed by atoms with Crippen molar-refractivity contribution >= 4 is 17.9 Å².